The van der Waals surface area contributed by atoms with E-state index in [0.717, 1.165) is 37.2 Å². The van der Waals surface area contributed by atoms with E-state index in [0.29, 0.717) is 12.1 Å². The molecule has 1 fully saturated rings. The van der Waals surface area contributed by atoms with E-state index in [1.165, 1.54) is 23.3 Å². The fourth-order valence-electron chi connectivity index (χ4n) is 7.93. The van der Waals surface area contributed by atoms with E-state index in [1.807, 2.05) is 106 Å². The summed E-state index contributed by atoms with van der Waals surface area (Å²) in [6.07, 6.45) is 0.230. The number of carbonyl (C=O) groups excluding carboxylic acids is 4. The molecular weight excluding hydrogens is 807 g/mol. The van der Waals surface area contributed by atoms with Gasteiger partial charge in [-0.2, -0.15) is 0 Å². The average Bonchev–Trinajstić information content (AvgIpc) is 3.81. The molecular formula is C47H61N7O7S. The Morgan fingerprint density at radius 1 is 0.903 bits per heavy atom. The topological polar surface area (TPSA) is 185 Å². The molecule has 15 heteroatoms. The number of likely N-dealkylation sites (N-methyl/N-ethyl adjacent to an activating group) is 1. The Bertz CT molecular complexity index is 2140. The Kier molecular flexibility index (Phi) is 16.0. The molecule has 0 aliphatic carbocycles. The van der Waals surface area contributed by atoms with Crippen molar-refractivity contribution < 1.29 is 34.2 Å². The Morgan fingerprint density at radius 2 is 1.56 bits per heavy atom. The number of nitrogens with zero attached hydrogens (tertiary/aromatic N) is 5. The lowest BCUT2D eigenvalue weighted by Crippen LogP contribution is -2.58. The molecule has 3 heterocycles. The van der Waals surface area contributed by atoms with Gasteiger partial charge in [0.1, 0.15) is 18.6 Å². The Morgan fingerprint density at radius 3 is 2.15 bits per heavy atom. The molecule has 4 N–H and O–H groups in total. The minimum atomic E-state index is -1.26. The van der Waals surface area contributed by atoms with E-state index in [9.17, 15) is 34.2 Å². The minimum absolute atomic E-state index is 0.00111. The van der Waals surface area contributed by atoms with Crippen molar-refractivity contribution in [1.82, 2.24) is 35.3 Å². The third-order valence-corrected chi connectivity index (χ3v) is 12.6. The summed E-state index contributed by atoms with van der Waals surface area (Å²) in [4.78, 5) is 80.7. The molecule has 2 aromatic heterocycles. The first-order chi connectivity index (χ1) is 29.4. The molecule has 6 atom stereocenters. The number of aromatic nitrogens is 2. The number of carboxylic acid groups (broad SMARTS) is 1. The fraction of sp³-hybridized carbons (Fsp3) is 0.468. The van der Waals surface area contributed by atoms with Gasteiger partial charge < -0.3 is 25.7 Å². The van der Waals surface area contributed by atoms with Gasteiger partial charge in [0.05, 0.1) is 35.1 Å². The van der Waals surface area contributed by atoms with Gasteiger partial charge in [-0.25, -0.2) is 14.6 Å². The van der Waals surface area contributed by atoms with Crippen LogP contribution in [0.15, 0.2) is 84.4 Å². The predicted molar refractivity (Wildman–Crippen MR) is 239 cm³/mol. The number of nitrogens with one attached hydrogen (secondary N) is 2. The molecule has 1 aliphatic heterocycles. The maximum absolute atomic E-state index is 14.6. The molecule has 1 aliphatic rings. The number of rotatable bonds is 19. The van der Waals surface area contributed by atoms with Gasteiger partial charge >= 0.3 is 12.1 Å². The van der Waals surface area contributed by atoms with Crippen LogP contribution in [-0.4, -0.2) is 109 Å². The van der Waals surface area contributed by atoms with Crippen molar-refractivity contribution in [3.63, 3.8) is 0 Å². The number of aliphatic hydroxyl groups excluding tert-OH is 1. The summed E-state index contributed by atoms with van der Waals surface area (Å²) in [6, 6.07) is 18.5. The second-order valence-corrected chi connectivity index (χ2v) is 18.5. The van der Waals surface area contributed by atoms with Crippen molar-refractivity contribution in [2.45, 2.75) is 117 Å². The Labute approximate surface area is 368 Å². The number of hydrogen-bond acceptors (Lipinski definition) is 9. The number of pyridine rings is 1. The van der Waals surface area contributed by atoms with E-state index in [-0.39, 0.29) is 44.2 Å². The highest BCUT2D eigenvalue weighted by Crippen LogP contribution is 2.28. The monoisotopic (exact) mass is 867 g/mol. The van der Waals surface area contributed by atoms with Gasteiger partial charge in [-0.05, 0) is 53.9 Å². The molecule has 62 heavy (non-hydrogen) atoms. The van der Waals surface area contributed by atoms with Crippen LogP contribution in [0.2, 0.25) is 0 Å². The summed E-state index contributed by atoms with van der Waals surface area (Å²) in [5.41, 5.74) is 3.21. The summed E-state index contributed by atoms with van der Waals surface area (Å²) in [5.74, 6) is -1.62. The smallest absolute Gasteiger partial charge is 0.407 e. The maximum atomic E-state index is 14.6. The van der Waals surface area contributed by atoms with Crippen molar-refractivity contribution in [2.75, 3.05) is 13.6 Å². The molecule has 4 aromatic rings. The van der Waals surface area contributed by atoms with Crippen molar-refractivity contribution >= 4 is 41.2 Å². The van der Waals surface area contributed by atoms with Crippen LogP contribution in [0.1, 0.15) is 89.1 Å². The number of benzene rings is 2. The van der Waals surface area contributed by atoms with Crippen LogP contribution in [0.25, 0.3) is 11.3 Å². The summed E-state index contributed by atoms with van der Waals surface area (Å²) in [6.45, 7) is 12.9. The first kappa shape index (κ1) is 47.4. The van der Waals surface area contributed by atoms with Crippen LogP contribution in [0.3, 0.4) is 0 Å². The van der Waals surface area contributed by atoms with E-state index in [1.54, 1.807) is 27.0 Å². The number of amides is 6. The van der Waals surface area contributed by atoms with Crippen LogP contribution in [0, 0.1) is 11.3 Å². The molecule has 0 saturated carbocycles. The largest absolute Gasteiger partial charge is 0.465 e. The van der Waals surface area contributed by atoms with E-state index >= 15 is 0 Å². The predicted octanol–water partition coefficient (Wildman–Crippen LogP) is 6.74. The zero-order chi connectivity index (χ0) is 45.3. The molecule has 5 rings (SSSR count). The van der Waals surface area contributed by atoms with Gasteiger partial charge in [0, 0.05) is 36.1 Å². The zero-order valence-electron chi connectivity index (χ0n) is 36.9. The van der Waals surface area contributed by atoms with E-state index in [2.05, 4.69) is 20.6 Å². The number of carbonyl (C=O) groups is 5. The molecule has 2 aromatic carbocycles. The first-order valence-corrected chi connectivity index (χ1v) is 22.1. The second-order valence-electron chi connectivity index (χ2n) is 17.6. The van der Waals surface area contributed by atoms with Gasteiger partial charge in [-0.15, -0.1) is 11.3 Å². The number of thiazole rings is 1. The summed E-state index contributed by atoms with van der Waals surface area (Å²) in [5, 5.41) is 31.0. The minimum Gasteiger partial charge on any atom is -0.465 e. The highest BCUT2D eigenvalue weighted by molar-refractivity contribution is 7.09. The van der Waals surface area contributed by atoms with Crippen LogP contribution in [0.4, 0.5) is 9.59 Å². The van der Waals surface area contributed by atoms with E-state index < -0.39 is 65.5 Å². The highest BCUT2D eigenvalue weighted by Gasteiger charge is 2.45. The SMILES string of the molecule is CCC(C)C(C(=O)NC(Cc1ccccc1)C(O)CC(Cc1ccc(-c2ccccn2)cc1)NC(=O)C(N(C)C(=O)O)C(C)(C)C)N1CC(=O)N(Cc2csc(C(C)C)n2)C1=O. The van der Waals surface area contributed by atoms with Crippen molar-refractivity contribution in [3.05, 3.63) is 106 Å². The van der Waals surface area contributed by atoms with Crippen LogP contribution in [0.5, 0.6) is 0 Å². The maximum Gasteiger partial charge on any atom is 0.407 e. The van der Waals surface area contributed by atoms with Crippen molar-refractivity contribution in [3.8, 4) is 11.3 Å². The van der Waals surface area contributed by atoms with Crippen molar-refractivity contribution in [2.24, 2.45) is 11.3 Å². The first-order valence-electron chi connectivity index (χ1n) is 21.2. The highest BCUT2D eigenvalue weighted by atomic mass is 32.1. The Balaban J connectivity index is 1.43. The van der Waals surface area contributed by atoms with Gasteiger partial charge in [-0.3, -0.25) is 29.2 Å². The van der Waals surface area contributed by atoms with Crippen LogP contribution in [-0.2, 0) is 33.8 Å². The van der Waals surface area contributed by atoms with Crippen LogP contribution < -0.4 is 10.6 Å². The second kappa shape index (κ2) is 20.9. The van der Waals surface area contributed by atoms with Gasteiger partial charge in [0.15, 0.2) is 0 Å². The molecule has 0 spiro atoms. The molecule has 332 valence electrons. The lowest BCUT2D eigenvalue weighted by Gasteiger charge is -2.37. The average molecular weight is 868 g/mol. The number of aliphatic hydroxyl groups is 1. The summed E-state index contributed by atoms with van der Waals surface area (Å²) >= 11 is 1.47. The van der Waals surface area contributed by atoms with Gasteiger partial charge in [0.25, 0.3) is 5.91 Å². The molecule has 1 saturated heterocycles. The molecule has 14 nitrogen and oxygen atoms in total. The van der Waals surface area contributed by atoms with Crippen LogP contribution >= 0.6 is 11.3 Å². The number of hydrogen-bond donors (Lipinski definition) is 4. The summed E-state index contributed by atoms with van der Waals surface area (Å²) < 4.78 is 0. The Hall–Kier alpha value is -5.67. The number of urea groups is 1. The fourth-order valence-corrected chi connectivity index (χ4v) is 8.75. The zero-order valence-corrected chi connectivity index (χ0v) is 37.8. The third-order valence-electron chi connectivity index (χ3n) is 11.4. The number of imide groups is 1. The lowest BCUT2D eigenvalue weighted by molar-refractivity contribution is -0.131. The standard InChI is InChI=1S/C47H61N7O7S/c1-9-30(4)40(54-27-39(56)53(45(54)59)26-35-28-62-44(50-35)29(2)3)42(57)51-37(24-31-15-11-10-12-16-31)38(55)25-34(49-43(58)41(47(5,6)7)52(8)46(60)61)23-32-18-20-33(21-19-32)36-17-13-14-22-48-36/h10-22,28-30,34,37-38,40-41,55H,9,23-27H2,1-8H3,(H,49,58)(H,51,57)(H,60,61). The molecule has 6 unspecified atom stereocenters. The van der Waals surface area contributed by atoms with Crippen molar-refractivity contribution in [1.29, 1.82) is 0 Å². The molecule has 6 amide bonds. The normalized spacial score (nSPS) is 16.1. The summed E-state index contributed by atoms with van der Waals surface area (Å²) in [7, 11) is 1.36. The third kappa shape index (κ3) is 12.0. The lowest BCUT2D eigenvalue weighted by atomic mass is 9.84. The van der Waals surface area contributed by atoms with Gasteiger partial charge in [0.2, 0.25) is 11.8 Å². The quantitative estimate of drug-likeness (QED) is 0.0742. The van der Waals surface area contributed by atoms with E-state index in [4.69, 9.17) is 0 Å². The molecule has 0 radical (unpaired) electrons. The van der Waals surface area contributed by atoms with Gasteiger partial charge in [-0.1, -0.05) is 116 Å². The molecule has 0 bridgehead atoms.